The standard InChI is InChI=1S/C18H18N2/c1-14-7-9-15(10-8-14)11-12-18-17(13-19-20-18)16-5-3-2-4-6-16/h2-10,13,18H,11-12H2,1H3. The highest BCUT2D eigenvalue weighted by Gasteiger charge is 2.18. The molecule has 20 heavy (non-hydrogen) atoms. The van der Waals surface area contributed by atoms with Crippen molar-refractivity contribution < 1.29 is 0 Å². The van der Waals surface area contributed by atoms with Gasteiger partial charge < -0.3 is 0 Å². The summed E-state index contributed by atoms with van der Waals surface area (Å²) in [4.78, 5) is 0. The van der Waals surface area contributed by atoms with E-state index >= 15 is 0 Å². The molecule has 1 unspecified atom stereocenters. The fraction of sp³-hybridized carbons (Fsp3) is 0.222. The van der Waals surface area contributed by atoms with Gasteiger partial charge in [0.15, 0.2) is 0 Å². The summed E-state index contributed by atoms with van der Waals surface area (Å²) in [5.41, 5.74) is 5.13. The lowest BCUT2D eigenvalue weighted by molar-refractivity contribution is 0.723. The molecule has 2 aromatic rings. The van der Waals surface area contributed by atoms with Crippen LogP contribution in [0.2, 0.25) is 0 Å². The smallest absolute Gasteiger partial charge is 0.0986 e. The van der Waals surface area contributed by atoms with Crippen LogP contribution in [0.1, 0.15) is 23.1 Å². The molecule has 0 N–H and O–H groups in total. The van der Waals surface area contributed by atoms with E-state index in [1.165, 1.54) is 22.3 Å². The first-order valence-corrected chi connectivity index (χ1v) is 7.04. The topological polar surface area (TPSA) is 24.7 Å². The van der Waals surface area contributed by atoms with Gasteiger partial charge in [-0.3, -0.25) is 0 Å². The summed E-state index contributed by atoms with van der Waals surface area (Å²) < 4.78 is 0. The van der Waals surface area contributed by atoms with Gasteiger partial charge in [-0.2, -0.15) is 10.2 Å². The molecule has 1 aliphatic heterocycles. The molecule has 1 aliphatic rings. The second-order valence-electron chi connectivity index (χ2n) is 5.22. The van der Waals surface area contributed by atoms with Crippen molar-refractivity contribution in [1.82, 2.24) is 0 Å². The summed E-state index contributed by atoms with van der Waals surface area (Å²) in [6.45, 7) is 2.12. The van der Waals surface area contributed by atoms with Gasteiger partial charge >= 0.3 is 0 Å². The first-order chi connectivity index (χ1) is 9.83. The molecule has 100 valence electrons. The Hall–Kier alpha value is -2.22. The van der Waals surface area contributed by atoms with Crippen molar-refractivity contribution in [2.24, 2.45) is 10.2 Å². The fourth-order valence-electron chi connectivity index (χ4n) is 2.49. The monoisotopic (exact) mass is 262 g/mol. The predicted molar refractivity (Wildman–Crippen MR) is 82.6 cm³/mol. The molecule has 3 rings (SSSR count). The molecule has 1 heterocycles. The highest BCUT2D eigenvalue weighted by molar-refractivity contribution is 5.70. The van der Waals surface area contributed by atoms with E-state index in [0.29, 0.717) is 0 Å². The minimum atomic E-state index is 0.193. The number of hydrogen-bond donors (Lipinski definition) is 0. The maximum Gasteiger partial charge on any atom is 0.0986 e. The van der Waals surface area contributed by atoms with Gasteiger partial charge in [-0.15, -0.1) is 0 Å². The van der Waals surface area contributed by atoms with Crippen LogP contribution in [0.3, 0.4) is 0 Å². The van der Waals surface area contributed by atoms with Crippen LogP contribution < -0.4 is 0 Å². The first kappa shape index (κ1) is 12.8. The van der Waals surface area contributed by atoms with E-state index in [9.17, 15) is 0 Å². The van der Waals surface area contributed by atoms with Gasteiger partial charge in [-0.25, -0.2) is 0 Å². The third kappa shape index (κ3) is 2.85. The van der Waals surface area contributed by atoms with Crippen LogP contribution in [0.5, 0.6) is 0 Å². The molecule has 0 saturated heterocycles. The molecule has 0 aromatic heterocycles. The molecule has 1 atom stereocenters. The van der Waals surface area contributed by atoms with Crippen LogP contribution in [0, 0.1) is 6.92 Å². The average Bonchev–Trinajstić information content (AvgIpc) is 2.96. The summed E-state index contributed by atoms with van der Waals surface area (Å²) in [5, 5.41) is 8.47. The minimum Gasteiger partial charge on any atom is -0.181 e. The molecule has 2 aromatic carbocycles. The van der Waals surface area contributed by atoms with E-state index in [1.54, 1.807) is 0 Å². The van der Waals surface area contributed by atoms with E-state index < -0.39 is 0 Å². The zero-order valence-electron chi connectivity index (χ0n) is 11.7. The lowest BCUT2D eigenvalue weighted by Gasteiger charge is -2.11. The Morgan fingerprint density at radius 2 is 1.70 bits per heavy atom. The lowest BCUT2D eigenvalue weighted by atomic mass is 9.95. The second-order valence-corrected chi connectivity index (χ2v) is 5.22. The summed E-state index contributed by atoms with van der Waals surface area (Å²) in [6.07, 6.45) is 3.94. The van der Waals surface area contributed by atoms with Crippen molar-refractivity contribution >= 4 is 5.57 Å². The molecule has 0 bridgehead atoms. The molecule has 0 aliphatic carbocycles. The van der Waals surface area contributed by atoms with Crippen molar-refractivity contribution in [3.63, 3.8) is 0 Å². The van der Waals surface area contributed by atoms with Gasteiger partial charge in [0.1, 0.15) is 0 Å². The first-order valence-electron chi connectivity index (χ1n) is 7.04. The van der Waals surface area contributed by atoms with Gasteiger partial charge in [-0.1, -0.05) is 60.2 Å². The molecule has 0 radical (unpaired) electrons. The van der Waals surface area contributed by atoms with Crippen molar-refractivity contribution in [2.75, 3.05) is 0 Å². The Morgan fingerprint density at radius 1 is 0.950 bits per heavy atom. The van der Waals surface area contributed by atoms with Gasteiger partial charge in [0.25, 0.3) is 0 Å². The van der Waals surface area contributed by atoms with E-state index in [-0.39, 0.29) is 6.04 Å². The van der Waals surface area contributed by atoms with Crippen LogP contribution in [0.15, 0.2) is 71.0 Å². The molecular weight excluding hydrogens is 244 g/mol. The molecular formula is C18H18N2. The Labute approximate surface area is 119 Å². The van der Waals surface area contributed by atoms with E-state index in [0.717, 1.165) is 12.8 Å². The van der Waals surface area contributed by atoms with Crippen LogP contribution in [-0.2, 0) is 6.42 Å². The number of nitrogens with zero attached hydrogens (tertiary/aromatic N) is 2. The van der Waals surface area contributed by atoms with Gasteiger partial charge in [0.05, 0.1) is 12.2 Å². The van der Waals surface area contributed by atoms with Crippen molar-refractivity contribution in [3.05, 3.63) is 77.5 Å². The molecule has 0 fully saturated rings. The Bertz CT molecular complexity index is 624. The largest absolute Gasteiger partial charge is 0.181 e. The van der Waals surface area contributed by atoms with E-state index in [2.05, 4.69) is 65.7 Å². The zero-order chi connectivity index (χ0) is 13.8. The molecule has 0 amide bonds. The van der Waals surface area contributed by atoms with Crippen LogP contribution in [0.4, 0.5) is 0 Å². The quantitative estimate of drug-likeness (QED) is 0.756. The second kappa shape index (κ2) is 5.83. The Balaban J connectivity index is 1.67. The highest BCUT2D eigenvalue weighted by Crippen LogP contribution is 2.28. The van der Waals surface area contributed by atoms with Crippen LogP contribution >= 0.6 is 0 Å². The normalized spacial score (nSPS) is 17.2. The number of azo groups is 1. The minimum absolute atomic E-state index is 0.193. The average molecular weight is 262 g/mol. The highest BCUT2D eigenvalue weighted by atomic mass is 15.1. The fourth-order valence-corrected chi connectivity index (χ4v) is 2.49. The summed E-state index contributed by atoms with van der Waals surface area (Å²) in [5.74, 6) is 0. The number of benzene rings is 2. The maximum absolute atomic E-state index is 4.36. The molecule has 0 spiro atoms. The van der Waals surface area contributed by atoms with E-state index in [4.69, 9.17) is 0 Å². The number of rotatable bonds is 4. The number of aryl methyl sites for hydroxylation is 2. The molecule has 0 saturated carbocycles. The SMILES string of the molecule is Cc1ccc(CCC2N=NC=C2c2ccccc2)cc1. The molecule has 2 nitrogen and oxygen atoms in total. The predicted octanol–water partition coefficient (Wildman–Crippen LogP) is 4.80. The summed E-state index contributed by atoms with van der Waals surface area (Å²) >= 11 is 0. The van der Waals surface area contributed by atoms with Crippen LogP contribution in [-0.4, -0.2) is 6.04 Å². The van der Waals surface area contributed by atoms with Gasteiger partial charge in [-0.05, 0) is 30.9 Å². The lowest BCUT2D eigenvalue weighted by Crippen LogP contribution is -2.06. The van der Waals surface area contributed by atoms with Gasteiger partial charge in [0, 0.05) is 5.57 Å². The maximum atomic E-state index is 4.36. The molecule has 2 heteroatoms. The number of hydrogen-bond acceptors (Lipinski definition) is 2. The summed E-state index contributed by atoms with van der Waals surface area (Å²) in [7, 11) is 0. The van der Waals surface area contributed by atoms with E-state index in [1.807, 2.05) is 12.3 Å². The van der Waals surface area contributed by atoms with Crippen LogP contribution in [0.25, 0.3) is 5.57 Å². The Morgan fingerprint density at radius 3 is 2.45 bits per heavy atom. The van der Waals surface area contributed by atoms with Crippen molar-refractivity contribution in [2.45, 2.75) is 25.8 Å². The Kier molecular flexibility index (Phi) is 3.73. The van der Waals surface area contributed by atoms with Crippen molar-refractivity contribution in [1.29, 1.82) is 0 Å². The third-order valence-corrected chi connectivity index (χ3v) is 3.70. The summed E-state index contributed by atoms with van der Waals surface area (Å²) in [6, 6.07) is 19.3. The van der Waals surface area contributed by atoms with Gasteiger partial charge in [0.2, 0.25) is 0 Å². The van der Waals surface area contributed by atoms with Crippen molar-refractivity contribution in [3.8, 4) is 0 Å². The third-order valence-electron chi connectivity index (χ3n) is 3.70. The zero-order valence-corrected chi connectivity index (χ0v) is 11.7.